The third-order valence-electron chi connectivity index (χ3n) is 4.76. The van der Waals surface area contributed by atoms with Gasteiger partial charge in [0.2, 0.25) is 5.91 Å². The van der Waals surface area contributed by atoms with Gasteiger partial charge < -0.3 is 5.32 Å². The lowest BCUT2D eigenvalue weighted by Gasteiger charge is -2.13. The van der Waals surface area contributed by atoms with Crippen LogP contribution in [0.3, 0.4) is 0 Å². The van der Waals surface area contributed by atoms with Crippen molar-refractivity contribution in [1.29, 1.82) is 0 Å². The quantitative estimate of drug-likeness (QED) is 0.466. The molecule has 0 atom stereocenters. The van der Waals surface area contributed by atoms with Crippen molar-refractivity contribution in [3.05, 3.63) is 59.4 Å². The summed E-state index contributed by atoms with van der Waals surface area (Å²) < 4.78 is 13.9. The molecule has 1 N–H and O–H groups in total. The van der Waals surface area contributed by atoms with E-state index in [2.05, 4.69) is 10.3 Å². The predicted octanol–water partition coefficient (Wildman–Crippen LogP) is 4.23. The largest absolute Gasteiger partial charge is 0.302 e. The van der Waals surface area contributed by atoms with Crippen LogP contribution in [0.25, 0.3) is 10.2 Å². The number of amides is 3. The van der Waals surface area contributed by atoms with Crippen LogP contribution >= 0.6 is 11.3 Å². The molecule has 0 aliphatic carbocycles. The Bertz CT molecular complexity index is 1080. The number of nitrogens with one attached hydrogen (secondary N) is 1. The van der Waals surface area contributed by atoms with E-state index in [0.29, 0.717) is 58.7 Å². The van der Waals surface area contributed by atoms with Crippen molar-refractivity contribution in [3.63, 3.8) is 0 Å². The van der Waals surface area contributed by atoms with Gasteiger partial charge in [-0.3, -0.25) is 19.3 Å². The molecule has 0 fully saturated rings. The van der Waals surface area contributed by atoms with E-state index >= 15 is 0 Å². The molecule has 1 aliphatic rings. The summed E-state index contributed by atoms with van der Waals surface area (Å²) in [6.07, 6.45) is 2.30. The monoisotopic (exact) mass is 411 g/mol. The molecule has 6 nitrogen and oxygen atoms in total. The molecule has 0 saturated carbocycles. The lowest BCUT2D eigenvalue weighted by atomic mass is 10.1. The van der Waals surface area contributed by atoms with E-state index in [1.807, 2.05) is 0 Å². The summed E-state index contributed by atoms with van der Waals surface area (Å²) in [5.41, 5.74) is 1.55. The first-order valence-electron chi connectivity index (χ1n) is 9.34. The number of fused-ring (bicyclic) bond motifs is 2. The Morgan fingerprint density at radius 3 is 2.48 bits per heavy atom. The van der Waals surface area contributed by atoms with Crippen molar-refractivity contribution < 1.29 is 18.8 Å². The number of unbranched alkanes of at least 4 members (excludes halogenated alkanes) is 2. The Kier molecular flexibility index (Phi) is 5.35. The minimum absolute atomic E-state index is 0.162. The van der Waals surface area contributed by atoms with Gasteiger partial charge >= 0.3 is 0 Å². The summed E-state index contributed by atoms with van der Waals surface area (Å²) in [7, 11) is 0. The van der Waals surface area contributed by atoms with Crippen molar-refractivity contribution in [1.82, 2.24) is 9.88 Å². The highest BCUT2D eigenvalue weighted by molar-refractivity contribution is 7.22. The fourth-order valence-electron chi connectivity index (χ4n) is 3.31. The maximum Gasteiger partial charge on any atom is 0.261 e. The number of carbonyl (C=O) groups excluding carboxylic acids is 3. The molecular weight excluding hydrogens is 393 g/mol. The third-order valence-corrected chi connectivity index (χ3v) is 5.69. The second-order valence-corrected chi connectivity index (χ2v) is 7.83. The number of hydrogen-bond donors (Lipinski definition) is 1. The Balaban J connectivity index is 1.21. The molecule has 8 heteroatoms. The lowest BCUT2D eigenvalue weighted by Crippen LogP contribution is -2.30. The van der Waals surface area contributed by atoms with Gasteiger partial charge in [0.25, 0.3) is 11.8 Å². The molecule has 0 unspecified atom stereocenters. The highest BCUT2D eigenvalue weighted by atomic mass is 32.1. The van der Waals surface area contributed by atoms with Crippen LogP contribution < -0.4 is 5.32 Å². The van der Waals surface area contributed by atoms with Gasteiger partial charge in [0, 0.05) is 13.0 Å². The number of hydrogen-bond acceptors (Lipinski definition) is 5. The van der Waals surface area contributed by atoms with E-state index < -0.39 is 0 Å². The van der Waals surface area contributed by atoms with Gasteiger partial charge in [-0.05, 0) is 43.2 Å². The molecule has 4 rings (SSSR count). The van der Waals surface area contributed by atoms with Crippen LogP contribution in [-0.2, 0) is 4.79 Å². The number of rotatable bonds is 7. The van der Waals surface area contributed by atoms with E-state index in [1.54, 1.807) is 30.3 Å². The van der Waals surface area contributed by atoms with Crippen LogP contribution in [0.15, 0.2) is 42.5 Å². The van der Waals surface area contributed by atoms with E-state index in [-0.39, 0.29) is 23.5 Å². The first-order valence-corrected chi connectivity index (χ1v) is 10.2. The second kappa shape index (κ2) is 8.08. The van der Waals surface area contributed by atoms with E-state index in [0.717, 1.165) is 0 Å². The molecular formula is C21H18FN3O3S. The Morgan fingerprint density at radius 1 is 1.03 bits per heavy atom. The molecule has 1 aromatic heterocycles. The first-order chi connectivity index (χ1) is 14.0. The SMILES string of the molecule is O=C(CCCCCN1C(=O)c2ccccc2C1=O)Nc1nc2ccc(F)cc2s1. The Hall–Kier alpha value is -3.13. The fourth-order valence-corrected chi connectivity index (χ4v) is 4.22. The summed E-state index contributed by atoms with van der Waals surface area (Å²) in [4.78, 5) is 42.2. The Labute approximate surface area is 170 Å². The van der Waals surface area contributed by atoms with E-state index in [9.17, 15) is 18.8 Å². The molecule has 29 heavy (non-hydrogen) atoms. The summed E-state index contributed by atoms with van der Waals surface area (Å²) in [5.74, 6) is -1.01. The summed E-state index contributed by atoms with van der Waals surface area (Å²) in [6.45, 7) is 0.345. The van der Waals surface area contributed by atoms with Crippen LogP contribution in [-0.4, -0.2) is 34.2 Å². The number of benzene rings is 2. The minimum Gasteiger partial charge on any atom is -0.302 e. The number of imide groups is 1. The van der Waals surface area contributed by atoms with Crippen LogP contribution in [0.1, 0.15) is 46.4 Å². The summed E-state index contributed by atoms with van der Waals surface area (Å²) >= 11 is 1.23. The predicted molar refractivity (Wildman–Crippen MR) is 108 cm³/mol. The third kappa shape index (κ3) is 4.02. The van der Waals surface area contributed by atoms with E-state index in [4.69, 9.17) is 0 Å². The van der Waals surface area contributed by atoms with Crippen LogP contribution in [0.5, 0.6) is 0 Å². The zero-order valence-electron chi connectivity index (χ0n) is 15.5. The number of thiazole rings is 1. The highest BCUT2D eigenvalue weighted by Gasteiger charge is 2.34. The molecule has 3 aromatic rings. The molecule has 1 aliphatic heterocycles. The number of anilines is 1. The van der Waals surface area contributed by atoms with Crippen molar-refractivity contribution in [2.45, 2.75) is 25.7 Å². The molecule has 0 radical (unpaired) electrons. The smallest absolute Gasteiger partial charge is 0.261 e. The van der Waals surface area contributed by atoms with Gasteiger partial charge in [-0.15, -0.1) is 0 Å². The van der Waals surface area contributed by atoms with Crippen molar-refractivity contribution in [2.24, 2.45) is 0 Å². The van der Waals surface area contributed by atoms with E-state index in [1.165, 1.54) is 28.4 Å². The first kappa shape index (κ1) is 19.2. The maximum absolute atomic E-state index is 13.2. The zero-order valence-corrected chi connectivity index (χ0v) is 16.3. The van der Waals surface area contributed by atoms with Gasteiger partial charge in [0.15, 0.2) is 5.13 Å². The van der Waals surface area contributed by atoms with Crippen LogP contribution in [0.4, 0.5) is 9.52 Å². The molecule has 148 valence electrons. The summed E-state index contributed by atoms with van der Waals surface area (Å²) in [5, 5.41) is 3.18. The average molecular weight is 411 g/mol. The van der Waals surface area contributed by atoms with Gasteiger partial charge in [-0.2, -0.15) is 0 Å². The number of carbonyl (C=O) groups is 3. The molecule has 2 heterocycles. The summed E-state index contributed by atoms with van der Waals surface area (Å²) in [6, 6.07) is 11.1. The average Bonchev–Trinajstić information content (AvgIpc) is 3.20. The normalized spacial score (nSPS) is 13.2. The molecule has 3 amide bonds. The maximum atomic E-state index is 13.2. The number of aromatic nitrogens is 1. The van der Waals surface area contributed by atoms with Gasteiger partial charge in [-0.25, -0.2) is 9.37 Å². The van der Waals surface area contributed by atoms with Gasteiger partial charge in [0.05, 0.1) is 21.3 Å². The molecule has 0 saturated heterocycles. The topological polar surface area (TPSA) is 79.4 Å². The fraction of sp³-hybridized carbons (Fsp3) is 0.238. The number of halogens is 1. The van der Waals surface area contributed by atoms with Crippen molar-refractivity contribution >= 4 is 44.4 Å². The molecule has 0 spiro atoms. The lowest BCUT2D eigenvalue weighted by molar-refractivity contribution is -0.116. The molecule has 0 bridgehead atoms. The van der Waals surface area contributed by atoms with Gasteiger partial charge in [0.1, 0.15) is 5.82 Å². The molecule has 2 aromatic carbocycles. The standard InChI is InChI=1S/C21H18FN3O3S/c22-13-9-10-16-17(12-13)29-21(23-16)24-18(26)8-2-1-5-11-25-19(27)14-6-3-4-7-15(14)20(25)28/h3-4,6-7,9-10,12H,1-2,5,8,11H2,(H,23,24,26). The van der Waals surface area contributed by atoms with Crippen molar-refractivity contribution in [3.8, 4) is 0 Å². The van der Waals surface area contributed by atoms with Gasteiger partial charge in [-0.1, -0.05) is 29.9 Å². The Morgan fingerprint density at radius 2 is 1.76 bits per heavy atom. The van der Waals surface area contributed by atoms with Crippen molar-refractivity contribution in [2.75, 3.05) is 11.9 Å². The zero-order chi connectivity index (χ0) is 20.4. The highest BCUT2D eigenvalue weighted by Crippen LogP contribution is 2.27. The number of nitrogens with zero attached hydrogens (tertiary/aromatic N) is 2. The second-order valence-electron chi connectivity index (χ2n) is 6.80. The minimum atomic E-state index is -0.336. The van der Waals surface area contributed by atoms with Crippen LogP contribution in [0, 0.1) is 5.82 Å². The van der Waals surface area contributed by atoms with Crippen LogP contribution in [0.2, 0.25) is 0 Å².